The number of nitrogens with zero attached hydrogens (tertiary/aromatic N) is 1. The molecule has 5 heteroatoms. The first-order valence-corrected chi connectivity index (χ1v) is 6.47. The molecule has 1 heterocycles. The Balaban J connectivity index is 2.54. The van der Waals surface area contributed by atoms with E-state index in [4.69, 9.17) is 0 Å². The molecule has 0 bridgehead atoms. The second kappa shape index (κ2) is 5.45. The summed E-state index contributed by atoms with van der Waals surface area (Å²) in [5, 5.41) is 9.90. The Bertz CT molecular complexity index is 595. The minimum Gasteiger partial charge on any atom is -0.503 e. The van der Waals surface area contributed by atoms with Crippen molar-refractivity contribution in [2.45, 2.75) is 26.3 Å². The number of benzene rings is 1. The number of carbonyl (C=O) groups is 2. The SMILES string of the molecule is CCCN1C(=O)C(O)=C(C(C)=O)C1c1cccc(F)c1. The Kier molecular flexibility index (Phi) is 3.88. The molecule has 4 nitrogen and oxygen atoms in total. The molecule has 1 amide bonds. The summed E-state index contributed by atoms with van der Waals surface area (Å²) >= 11 is 0. The van der Waals surface area contributed by atoms with Gasteiger partial charge in [-0.2, -0.15) is 0 Å². The maximum Gasteiger partial charge on any atom is 0.290 e. The van der Waals surface area contributed by atoms with E-state index in [1.54, 1.807) is 6.07 Å². The lowest BCUT2D eigenvalue weighted by Gasteiger charge is -2.26. The molecule has 0 saturated carbocycles. The second-order valence-corrected chi connectivity index (χ2v) is 4.77. The topological polar surface area (TPSA) is 57.6 Å². The monoisotopic (exact) mass is 277 g/mol. The third-order valence-electron chi connectivity index (χ3n) is 3.31. The normalized spacial score (nSPS) is 18.9. The van der Waals surface area contributed by atoms with Crippen molar-refractivity contribution < 1.29 is 19.1 Å². The van der Waals surface area contributed by atoms with E-state index in [0.29, 0.717) is 18.5 Å². The fourth-order valence-electron chi connectivity index (χ4n) is 2.51. The molecule has 0 saturated heterocycles. The quantitative estimate of drug-likeness (QED) is 0.920. The number of rotatable bonds is 4. The third kappa shape index (κ3) is 2.31. The van der Waals surface area contributed by atoms with Gasteiger partial charge in [0.1, 0.15) is 5.82 Å². The molecule has 1 aromatic carbocycles. The minimum absolute atomic E-state index is 0.0362. The molecule has 1 aromatic rings. The highest BCUT2D eigenvalue weighted by Gasteiger charge is 2.41. The molecule has 0 aromatic heterocycles. The lowest BCUT2D eigenvalue weighted by atomic mass is 9.96. The summed E-state index contributed by atoms with van der Waals surface area (Å²) in [5.41, 5.74) is 0.523. The van der Waals surface area contributed by atoms with E-state index < -0.39 is 23.5 Å². The van der Waals surface area contributed by atoms with E-state index in [1.165, 1.54) is 30.0 Å². The Morgan fingerprint density at radius 2 is 2.15 bits per heavy atom. The molecule has 0 fully saturated rings. The number of amides is 1. The van der Waals surface area contributed by atoms with Crippen LogP contribution in [0.3, 0.4) is 0 Å². The van der Waals surface area contributed by atoms with Gasteiger partial charge in [0.15, 0.2) is 11.5 Å². The van der Waals surface area contributed by atoms with Crippen molar-refractivity contribution >= 4 is 11.7 Å². The van der Waals surface area contributed by atoms with Crippen LogP contribution >= 0.6 is 0 Å². The van der Waals surface area contributed by atoms with Gasteiger partial charge in [-0.15, -0.1) is 0 Å². The highest BCUT2D eigenvalue weighted by atomic mass is 19.1. The fraction of sp³-hybridized carbons (Fsp3) is 0.333. The van der Waals surface area contributed by atoms with Crippen molar-refractivity contribution in [1.29, 1.82) is 0 Å². The molecular formula is C15H16FNO3. The van der Waals surface area contributed by atoms with Gasteiger partial charge in [0.05, 0.1) is 11.6 Å². The van der Waals surface area contributed by atoms with Crippen molar-refractivity contribution in [2.24, 2.45) is 0 Å². The van der Waals surface area contributed by atoms with Crippen LogP contribution in [0, 0.1) is 5.82 Å². The van der Waals surface area contributed by atoms with Crippen molar-refractivity contribution in [3.8, 4) is 0 Å². The van der Waals surface area contributed by atoms with Crippen LogP contribution in [-0.2, 0) is 9.59 Å². The third-order valence-corrected chi connectivity index (χ3v) is 3.31. The van der Waals surface area contributed by atoms with Gasteiger partial charge in [0, 0.05) is 6.54 Å². The van der Waals surface area contributed by atoms with Crippen LogP contribution in [0.25, 0.3) is 0 Å². The van der Waals surface area contributed by atoms with Crippen molar-refractivity contribution in [2.75, 3.05) is 6.54 Å². The smallest absolute Gasteiger partial charge is 0.290 e. The number of hydrogen-bond donors (Lipinski definition) is 1. The summed E-state index contributed by atoms with van der Waals surface area (Å²) in [6.07, 6.45) is 0.677. The molecule has 2 rings (SSSR count). The molecule has 1 N–H and O–H groups in total. The molecule has 1 aliphatic rings. The fourth-order valence-corrected chi connectivity index (χ4v) is 2.51. The molecule has 0 aliphatic carbocycles. The van der Waals surface area contributed by atoms with Crippen LogP contribution < -0.4 is 0 Å². The average molecular weight is 277 g/mol. The number of halogens is 1. The van der Waals surface area contributed by atoms with E-state index in [9.17, 15) is 19.1 Å². The molecular weight excluding hydrogens is 261 g/mol. The Hall–Kier alpha value is -2.17. The van der Waals surface area contributed by atoms with E-state index in [0.717, 1.165) is 0 Å². The molecule has 1 aliphatic heterocycles. The molecule has 0 spiro atoms. The summed E-state index contributed by atoms with van der Waals surface area (Å²) in [6.45, 7) is 3.57. The number of Topliss-reactive ketones (excluding diaryl/α,β-unsaturated/α-hetero) is 1. The largest absolute Gasteiger partial charge is 0.503 e. The lowest BCUT2D eigenvalue weighted by Crippen LogP contribution is -2.31. The van der Waals surface area contributed by atoms with E-state index in [-0.39, 0.29) is 11.4 Å². The second-order valence-electron chi connectivity index (χ2n) is 4.77. The van der Waals surface area contributed by atoms with Crippen LogP contribution in [-0.4, -0.2) is 28.2 Å². The number of aliphatic hydroxyl groups is 1. The predicted molar refractivity (Wildman–Crippen MR) is 71.5 cm³/mol. The van der Waals surface area contributed by atoms with Crippen molar-refractivity contribution in [1.82, 2.24) is 4.90 Å². The summed E-state index contributed by atoms with van der Waals surface area (Å²) < 4.78 is 13.4. The highest BCUT2D eigenvalue weighted by Crippen LogP contribution is 2.37. The number of ketones is 1. The van der Waals surface area contributed by atoms with Gasteiger partial charge in [-0.05, 0) is 31.0 Å². The Morgan fingerprint density at radius 3 is 2.70 bits per heavy atom. The van der Waals surface area contributed by atoms with Crippen LogP contribution in [0.2, 0.25) is 0 Å². The molecule has 0 radical (unpaired) electrons. The summed E-state index contributed by atoms with van der Waals surface area (Å²) in [7, 11) is 0. The summed E-state index contributed by atoms with van der Waals surface area (Å²) in [4.78, 5) is 25.2. The first-order valence-electron chi connectivity index (χ1n) is 6.47. The van der Waals surface area contributed by atoms with Crippen LogP contribution in [0.5, 0.6) is 0 Å². The zero-order valence-electron chi connectivity index (χ0n) is 11.4. The first kappa shape index (κ1) is 14.2. The van der Waals surface area contributed by atoms with Gasteiger partial charge in [-0.25, -0.2) is 4.39 Å². The van der Waals surface area contributed by atoms with E-state index >= 15 is 0 Å². The summed E-state index contributed by atoms with van der Waals surface area (Å²) in [5.74, 6) is -1.93. The molecule has 106 valence electrons. The highest BCUT2D eigenvalue weighted by molar-refractivity contribution is 6.08. The minimum atomic E-state index is -0.712. The van der Waals surface area contributed by atoms with E-state index in [1.807, 2.05) is 6.92 Å². The van der Waals surface area contributed by atoms with Crippen LogP contribution in [0.1, 0.15) is 31.9 Å². The Morgan fingerprint density at radius 1 is 1.45 bits per heavy atom. The zero-order valence-corrected chi connectivity index (χ0v) is 11.4. The standard InChI is InChI=1S/C15H16FNO3/c1-3-7-17-13(10-5-4-6-11(16)8-10)12(9(2)18)14(19)15(17)20/h4-6,8,13,19H,3,7H2,1-2H3. The van der Waals surface area contributed by atoms with Gasteiger partial charge < -0.3 is 10.0 Å². The van der Waals surface area contributed by atoms with Crippen LogP contribution in [0.15, 0.2) is 35.6 Å². The zero-order chi connectivity index (χ0) is 14.9. The predicted octanol–water partition coefficient (Wildman–Crippen LogP) is 2.52. The van der Waals surface area contributed by atoms with Gasteiger partial charge in [-0.3, -0.25) is 9.59 Å². The van der Waals surface area contributed by atoms with Crippen molar-refractivity contribution in [3.63, 3.8) is 0 Å². The molecule has 20 heavy (non-hydrogen) atoms. The Labute approximate surface area is 116 Å². The molecule has 1 atom stereocenters. The van der Waals surface area contributed by atoms with Crippen LogP contribution in [0.4, 0.5) is 4.39 Å². The van der Waals surface area contributed by atoms with Crippen molar-refractivity contribution in [3.05, 3.63) is 47.0 Å². The molecule has 1 unspecified atom stereocenters. The maximum atomic E-state index is 13.4. The van der Waals surface area contributed by atoms with Gasteiger partial charge >= 0.3 is 0 Å². The van der Waals surface area contributed by atoms with Gasteiger partial charge in [0.2, 0.25) is 0 Å². The van der Waals surface area contributed by atoms with E-state index in [2.05, 4.69) is 0 Å². The number of hydrogen-bond acceptors (Lipinski definition) is 3. The summed E-state index contributed by atoms with van der Waals surface area (Å²) in [6, 6.07) is 5.02. The number of carbonyl (C=O) groups excluding carboxylic acids is 2. The number of aliphatic hydroxyl groups excluding tert-OH is 1. The maximum absolute atomic E-state index is 13.4. The lowest BCUT2D eigenvalue weighted by molar-refractivity contribution is -0.129. The van der Waals surface area contributed by atoms with Gasteiger partial charge in [-0.1, -0.05) is 19.1 Å². The average Bonchev–Trinajstić information content (AvgIpc) is 2.64. The van der Waals surface area contributed by atoms with Gasteiger partial charge in [0.25, 0.3) is 5.91 Å². The first-order chi connectivity index (χ1) is 9.47.